The Morgan fingerprint density at radius 1 is 1.33 bits per heavy atom. The van der Waals surface area contributed by atoms with Crippen molar-refractivity contribution >= 4 is 23.0 Å². The van der Waals surface area contributed by atoms with Gasteiger partial charge in [-0.15, -0.1) is 0 Å². The predicted molar refractivity (Wildman–Crippen MR) is 80.9 cm³/mol. The highest BCUT2D eigenvalue weighted by atomic mass is 16.6. The highest BCUT2D eigenvalue weighted by Gasteiger charge is 2.24. The van der Waals surface area contributed by atoms with Gasteiger partial charge in [-0.05, 0) is 25.5 Å². The molecule has 1 heterocycles. The number of aromatic nitrogens is 2. The molecule has 2 rings (SSSR count). The molecule has 0 fully saturated rings. The number of benzene rings is 1. The Bertz CT molecular complexity index is 609. The number of fused-ring (bicyclic) bond motifs is 1. The molecule has 0 aliphatic rings. The molecule has 0 aliphatic carbocycles. The molecule has 2 N–H and O–H groups in total. The second-order valence-electron chi connectivity index (χ2n) is 4.62. The minimum atomic E-state index is -0.473. The zero-order valence-corrected chi connectivity index (χ0v) is 12.4. The van der Waals surface area contributed by atoms with E-state index in [1.807, 2.05) is 38.1 Å². The summed E-state index contributed by atoms with van der Waals surface area (Å²) in [5.41, 5.74) is 7.57. The molecule has 1 unspecified atom stereocenters. The standard InChI is InChI=1S/C15H21N3O3/c1-3-12(14(19)21-10-9-20-4-2)18-13-8-6-5-7-11(13)17-15(18)16/h5-8,12H,3-4,9-10H2,1-2H3,(H2,16,17). The molecule has 0 bridgehead atoms. The highest BCUT2D eigenvalue weighted by Crippen LogP contribution is 2.25. The van der Waals surface area contributed by atoms with Gasteiger partial charge in [0, 0.05) is 6.61 Å². The van der Waals surface area contributed by atoms with Crippen LogP contribution in [0.3, 0.4) is 0 Å². The predicted octanol–water partition coefficient (Wildman–Crippen LogP) is 2.15. The molecule has 0 spiro atoms. The zero-order chi connectivity index (χ0) is 15.2. The van der Waals surface area contributed by atoms with Crippen LogP contribution in [0.1, 0.15) is 26.3 Å². The lowest BCUT2D eigenvalue weighted by atomic mass is 10.2. The monoisotopic (exact) mass is 291 g/mol. The van der Waals surface area contributed by atoms with Crippen molar-refractivity contribution in [1.82, 2.24) is 9.55 Å². The number of nitrogen functional groups attached to an aromatic ring is 1. The fourth-order valence-electron chi connectivity index (χ4n) is 2.29. The molecule has 1 atom stereocenters. The Labute approximate surface area is 123 Å². The molecular weight excluding hydrogens is 270 g/mol. The van der Waals surface area contributed by atoms with Gasteiger partial charge in [0.15, 0.2) is 0 Å². The maximum absolute atomic E-state index is 12.2. The molecule has 0 amide bonds. The van der Waals surface area contributed by atoms with Crippen LogP contribution < -0.4 is 5.73 Å². The third kappa shape index (κ3) is 3.33. The fourth-order valence-corrected chi connectivity index (χ4v) is 2.29. The Balaban J connectivity index is 2.19. The van der Waals surface area contributed by atoms with Crippen molar-refractivity contribution in [1.29, 1.82) is 0 Å². The first-order chi connectivity index (χ1) is 10.2. The number of hydrogen-bond acceptors (Lipinski definition) is 5. The summed E-state index contributed by atoms with van der Waals surface area (Å²) in [5.74, 6) is 0.0110. The number of carbonyl (C=O) groups excluding carboxylic acids is 1. The average molecular weight is 291 g/mol. The van der Waals surface area contributed by atoms with Crippen LogP contribution in [0.4, 0.5) is 5.95 Å². The summed E-state index contributed by atoms with van der Waals surface area (Å²) in [4.78, 5) is 16.5. The summed E-state index contributed by atoms with van der Waals surface area (Å²) >= 11 is 0. The van der Waals surface area contributed by atoms with Crippen LogP contribution in [0.2, 0.25) is 0 Å². The summed E-state index contributed by atoms with van der Waals surface area (Å²) in [6.45, 7) is 5.07. The van der Waals surface area contributed by atoms with Crippen molar-refractivity contribution in [3.8, 4) is 0 Å². The van der Waals surface area contributed by atoms with E-state index in [9.17, 15) is 4.79 Å². The number of para-hydroxylation sites is 2. The highest BCUT2D eigenvalue weighted by molar-refractivity contribution is 5.83. The third-order valence-electron chi connectivity index (χ3n) is 3.27. The van der Waals surface area contributed by atoms with Crippen LogP contribution in [0.25, 0.3) is 11.0 Å². The lowest BCUT2D eigenvalue weighted by Crippen LogP contribution is -2.24. The average Bonchev–Trinajstić information content (AvgIpc) is 2.81. The Morgan fingerprint density at radius 2 is 2.10 bits per heavy atom. The molecule has 1 aromatic carbocycles. The van der Waals surface area contributed by atoms with Crippen molar-refractivity contribution in [3.63, 3.8) is 0 Å². The molecule has 2 aromatic rings. The van der Waals surface area contributed by atoms with Gasteiger partial charge in [0.1, 0.15) is 12.6 Å². The Kier molecular flexibility index (Phi) is 5.16. The lowest BCUT2D eigenvalue weighted by Gasteiger charge is -2.17. The minimum Gasteiger partial charge on any atom is -0.462 e. The van der Waals surface area contributed by atoms with Crippen molar-refractivity contribution < 1.29 is 14.3 Å². The van der Waals surface area contributed by atoms with Crippen molar-refractivity contribution in [3.05, 3.63) is 24.3 Å². The number of carbonyl (C=O) groups is 1. The van der Waals surface area contributed by atoms with E-state index in [-0.39, 0.29) is 12.6 Å². The molecule has 6 nitrogen and oxygen atoms in total. The molecule has 114 valence electrons. The van der Waals surface area contributed by atoms with E-state index in [0.717, 1.165) is 11.0 Å². The number of nitrogens with zero attached hydrogens (tertiary/aromatic N) is 2. The number of esters is 1. The van der Waals surface area contributed by atoms with E-state index in [1.165, 1.54) is 0 Å². The van der Waals surface area contributed by atoms with E-state index in [4.69, 9.17) is 15.2 Å². The van der Waals surface area contributed by atoms with Crippen molar-refractivity contribution in [2.45, 2.75) is 26.3 Å². The number of imidazole rings is 1. The topological polar surface area (TPSA) is 79.4 Å². The maximum Gasteiger partial charge on any atom is 0.329 e. The lowest BCUT2D eigenvalue weighted by molar-refractivity contribution is -0.149. The van der Waals surface area contributed by atoms with Gasteiger partial charge < -0.3 is 15.2 Å². The number of nitrogens with two attached hydrogens (primary N) is 1. The Morgan fingerprint density at radius 3 is 2.81 bits per heavy atom. The summed E-state index contributed by atoms with van der Waals surface area (Å²) in [6, 6.07) is 7.08. The number of rotatable bonds is 7. The van der Waals surface area contributed by atoms with Gasteiger partial charge in [0.05, 0.1) is 17.6 Å². The molecule has 0 aliphatic heterocycles. The first-order valence-electron chi connectivity index (χ1n) is 7.15. The Hall–Kier alpha value is -2.08. The van der Waals surface area contributed by atoms with Crippen molar-refractivity contribution in [2.24, 2.45) is 0 Å². The van der Waals surface area contributed by atoms with Crippen molar-refractivity contribution in [2.75, 3.05) is 25.6 Å². The molecule has 6 heteroatoms. The molecular formula is C15H21N3O3. The van der Waals surface area contributed by atoms with Crippen LogP contribution in [-0.4, -0.2) is 35.3 Å². The number of ether oxygens (including phenoxy) is 2. The van der Waals surface area contributed by atoms with E-state index >= 15 is 0 Å². The SMILES string of the molecule is CCOCCOC(=O)C(CC)n1c(N)nc2ccccc21. The smallest absolute Gasteiger partial charge is 0.329 e. The zero-order valence-electron chi connectivity index (χ0n) is 12.4. The van der Waals surface area contributed by atoms with Crippen LogP contribution in [0, 0.1) is 0 Å². The molecule has 0 saturated carbocycles. The minimum absolute atomic E-state index is 0.246. The normalized spacial score (nSPS) is 12.5. The maximum atomic E-state index is 12.2. The first-order valence-corrected chi connectivity index (χ1v) is 7.15. The van der Waals surface area contributed by atoms with Gasteiger partial charge in [0.2, 0.25) is 5.95 Å². The second kappa shape index (κ2) is 7.08. The van der Waals surface area contributed by atoms with Gasteiger partial charge in [0.25, 0.3) is 0 Å². The fraction of sp³-hybridized carbons (Fsp3) is 0.467. The third-order valence-corrected chi connectivity index (χ3v) is 3.27. The second-order valence-corrected chi connectivity index (χ2v) is 4.62. The van der Waals surface area contributed by atoms with Crippen LogP contribution >= 0.6 is 0 Å². The molecule has 1 aromatic heterocycles. The summed E-state index contributed by atoms with van der Waals surface area (Å²) in [5, 5.41) is 0. The summed E-state index contributed by atoms with van der Waals surface area (Å²) in [7, 11) is 0. The van der Waals surface area contributed by atoms with Gasteiger partial charge in [-0.1, -0.05) is 19.1 Å². The number of hydrogen-bond donors (Lipinski definition) is 1. The molecule has 21 heavy (non-hydrogen) atoms. The number of anilines is 1. The van der Waals surface area contributed by atoms with Gasteiger partial charge in [-0.2, -0.15) is 0 Å². The van der Waals surface area contributed by atoms with Crippen LogP contribution in [0.15, 0.2) is 24.3 Å². The van der Waals surface area contributed by atoms with E-state index < -0.39 is 6.04 Å². The van der Waals surface area contributed by atoms with E-state index in [0.29, 0.717) is 25.6 Å². The summed E-state index contributed by atoms with van der Waals surface area (Å²) in [6.07, 6.45) is 0.581. The quantitative estimate of drug-likeness (QED) is 0.624. The van der Waals surface area contributed by atoms with Gasteiger partial charge in [-0.25, -0.2) is 9.78 Å². The molecule has 0 saturated heterocycles. The molecule has 0 radical (unpaired) electrons. The van der Waals surface area contributed by atoms with E-state index in [2.05, 4.69) is 4.98 Å². The van der Waals surface area contributed by atoms with Crippen LogP contribution in [-0.2, 0) is 14.3 Å². The van der Waals surface area contributed by atoms with Crippen LogP contribution in [0.5, 0.6) is 0 Å². The van der Waals surface area contributed by atoms with E-state index in [1.54, 1.807) is 4.57 Å². The largest absolute Gasteiger partial charge is 0.462 e. The first kappa shape index (κ1) is 15.3. The van der Waals surface area contributed by atoms with Gasteiger partial charge >= 0.3 is 5.97 Å². The van der Waals surface area contributed by atoms with Gasteiger partial charge in [-0.3, -0.25) is 4.57 Å². The summed E-state index contributed by atoms with van der Waals surface area (Å²) < 4.78 is 12.2.